The van der Waals surface area contributed by atoms with E-state index in [-0.39, 0.29) is 18.5 Å². The second kappa shape index (κ2) is 13.5. The average Bonchev–Trinajstić information content (AvgIpc) is 3.40. The lowest BCUT2D eigenvalue weighted by Gasteiger charge is -2.33. The van der Waals surface area contributed by atoms with E-state index < -0.39 is 11.6 Å². The fourth-order valence-corrected chi connectivity index (χ4v) is 5.16. The molecule has 2 aliphatic rings. The van der Waals surface area contributed by atoms with Crippen LogP contribution in [0.3, 0.4) is 0 Å². The lowest BCUT2D eigenvalue weighted by Crippen LogP contribution is -2.53. The third-order valence-corrected chi connectivity index (χ3v) is 7.36. The molecular formula is C30H40ClN5O5. The molecule has 222 valence electrons. The van der Waals surface area contributed by atoms with Crippen LogP contribution in [0.25, 0.3) is 0 Å². The molecule has 1 N–H and O–H groups in total. The quantitative estimate of drug-likeness (QED) is 0.474. The number of nitrogens with zero attached hydrogens (tertiary/aromatic N) is 4. The molecule has 2 aromatic carbocycles. The maximum absolute atomic E-state index is 14.0. The molecule has 1 atom stereocenters. The first-order valence-corrected chi connectivity index (χ1v) is 14.2. The van der Waals surface area contributed by atoms with Crippen molar-refractivity contribution < 1.29 is 23.8 Å². The van der Waals surface area contributed by atoms with Gasteiger partial charge in [0.05, 0.1) is 39.2 Å². The number of ether oxygens (including phenoxy) is 3. The molecule has 1 fully saturated rings. The van der Waals surface area contributed by atoms with Gasteiger partial charge in [0.2, 0.25) is 0 Å². The number of urea groups is 1. The van der Waals surface area contributed by atoms with Crippen LogP contribution in [-0.4, -0.2) is 98.2 Å². The van der Waals surface area contributed by atoms with Crippen LogP contribution in [0.5, 0.6) is 11.5 Å². The lowest BCUT2D eigenvalue weighted by molar-refractivity contribution is -0.133. The Morgan fingerprint density at radius 2 is 1.85 bits per heavy atom. The number of carbonyl (C=O) groups is 2. The topological polar surface area (TPSA) is 95.9 Å². The van der Waals surface area contributed by atoms with Crippen molar-refractivity contribution in [2.24, 2.45) is 5.10 Å². The van der Waals surface area contributed by atoms with Crippen molar-refractivity contribution in [3.8, 4) is 11.5 Å². The third kappa shape index (κ3) is 7.90. The van der Waals surface area contributed by atoms with E-state index in [9.17, 15) is 9.59 Å². The highest BCUT2D eigenvalue weighted by molar-refractivity contribution is 6.34. The molecule has 2 heterocycles. The van der Waals surface area contributed by atoms with Gasteiger partial charge in [-0.05, 0) is 45.0 Å². The Hall–Kier alpha value is -3.34. The third-order valence-electron chi connectivity index (χ3n) is 7.03. The molecular weight excluding hydrogens is 546 g/mol. The molecule has 10 nitrogen and oxygen atoms in total. The molecule has 0 aromatic heterocycles. The van der Waals surface area contributed by atoms with E-state index in [1.807, 2.05) is 57.2 Å². The molecule has 0 saturated carbocycles. The number of benzene rings is 2. The van der Waals surface area contributed by atoms with Crippen molar-refractivity contribution in [2.75, 3.05) is 60.2 Å². The van der Waals surface area contributed by atoms with Crippen molar-refractivity contribution in [2.45, 2.75) is 38.8 Å². The van der Waals surface area contributed by atoms with Gasteiger partial charge in [0.15, 0.2) is 0 Å². The Morgan fingerprint density at radius 3 is 2.51 bits per heavy atom. The van der Waals surface area contributed by atoms with Crippen molar-refractivity contribution in [3.05, 3.63) is 58.6 Å². The van der Waals surface area contributed by atoms with E-state index in [0.29, 0.717) is 55.0 Å². The average molecular weight is 586 g/mol. The highest BCUT2D eigenvalue weighted by Crippen LogP contribution is 2.40. The number of nitrogens with one attached hydrogen (secondary N) is 1. The van der Waals surface area contributed by atoms with Crippen LogP contribution >= 0.6 is 11.6 Å². The van der Waals surface area contributed by atoms with Crippen LogP contribution in [0.2, 0.25) is 5.02 Å². The van der Waals surface area contributed by atoms with E-state index >= 15 is 0 Å². The molecule has 2 aromatic rings. The molecule has 0 aliphatic carbocycles. The van der Waals surface area contributed by atoms with E-state index in [2.05, 4.69) is 10.2 Å². The number of hydrogen-bond donors (Lipinski definition) is 1. The predicted molar refractivity (Wildman–Crippen MR) is 159 cm³/mol. The summed E-state index contributed by atoms with van der Waals surface area (Å²) in [4.78, 5) is 31.2. The largest absolute Gasteiger partial charge is 0.497 e. The van der Waals surface area contributed by atoms with Gasteiger partial charge < -0.3 is 24.4 Å². The number of carbonyl (C=O) groups excluding carboxylic acids is 2. The number of hydrazone groups is 1. The fraction of sp³-hybridized carbons (Fsp3) is 0.500. The number of amides is 3. The number of morpholine rings is 1. The summed E-state index contributed by atoms with van der Waals surface area (Å²) in [5.74, 6) is 0.933. The molecule has 3 amide bonds. The summed E-state index contributed by atoms with van der Waals surface area (Å²) in [5.41, 5.74) is 1.73. The molecule has 1 saturated heterocycles. The van der Waals surface area contributed by atoms with Crippen molar-refractivity contribution in [3.63, 3.8) is 0 Å². The number of rotatable bonds is 9. The summed E-state index contributed by atoms with van der Waals surface area (Å²) >= 11 is 6.53. The highest BCUT2D eigenvalue weighted by Gasteiger charge is 2.37. The zero-order chi connectivity index (χ0) is 29.6. The van der Waals surface area contributed by atoms with Gasteiger partial charge in [-0.1, -0.05) is 29.8 Å². The van der Waals surface area contributed by atoms with Crippen LogP contribution in [0.4, 0.5) is 4.79 Å². The van der Waals surface area contributed by atoms with Crippen LogP contribution < -0.4 is 14.8 Å². The summed E-state index contributed by atoms with van der Waals surface area (Å²) in [5, 5.41) is 9.79. The van der Waals surface area contributed by atoms with E-state index in [1.165, 1.54) is 5.01 Å². The predicted octanol–water partition coefficient (Wildman–Crippen LogP) is 4.18. The fourth-order valence-electron chi connectivity index (χ4n) is 4.92. The second-order valence-corrected chi connectivity index (χ2v) is 11.6. The van der Waals surface area contributed by atoms with Crippen LogP contribution in [0.15, 0.2) is 47.6 Å². The Bertz CT molecular complexity index is 1260. The summed E-state index contributed by atoms with van der Waals surface area (Å²) in [6.07, 6.45) is 0.418. The van der Waals surface area contributed by atoms with Crippen molar-refractivity contribution >= 4 is 29.3 Å². The molecule has 4 rings (SSSR count). The minimum absolute atomic E-state index is 0.145. The zero-order valence-corrected chi connectivity index (χ0v) is 25.2. The Morgan fingerprint density at radius 1 is 1.12 bits per heavy atom. The van der Waals surface area contributed by atoms with Gasteiger partial charge in [0, 0.05) is 54.3 Å². The van der Waals surface area contributed by atoms with Crippen LogP contribution in [-0.2, 0) is 9.53 Å². The maximum Gasteiger partial charge on any atom is 0.318 e. The van der Waals surface area contributed by atoms with Gasteiger partial charge in [-0.15, -0.1) is 0 Å². The smallest absolute Gasteiger partial charge is 0.318 e. The number of halogens is 1. The van der Waals surface area contributed by atoms with E-state index in [0.717, 1.165) is 24.2 Å². The summed E-state index contributed by atoms with van der Waals surface area (Å²) in [6.45, 7) is 9.51. The number of hydrogen-bond acceptors (Lipinski definition) is 7. The van der Waals surface area contributed by atoms with Gasteiger partial charge in [-0.3, -0.25) is 9.69 Å². The lowest BCUT2D eigenvalue weighted by atomic mass is 9.97. The molecule has 0 spiro atoms. The molecule has 0 radical (unpaired) electrons. The molecule has 0 bridgehead atoms. The minimum Gasteiger partial charge on any atom is -0.497 e. The van der Waals surface area contributed by atoms with Crippen molar-refractivity contribution in [1.29, 1.82) is 0 Å². The summed E-state index contributed by atoms with van der Waals surface area (Å²) < 4.78 is 16.6. The first-order valence-electron chi connectivity index (χ1n) is 13.8. The second-order valence-electron chi connectivity index (χ2n) is 11.1. The zero-order valence-electron chi connectivity index (χ0n) is 24.5. The van der Waals surface area contributed by atoms with Crippen LogP contribution in [0, 0.1) is 0 Å². The summed E-state index contributed by atoms with van der Waals surface area (Å²) in [6, 6.07) is 12.1. The molecule has 11 heteroatoms. The minimum atomic E-state index is -0.481. The normalized spacial score (nSPS) is 17.7. The van der Waals surface area contributed by atoms with Gasteiger partial charge in [0.25, 0.3) is 5.91 Å². The monoisotopic (exact) mass is 585 g/mol. The van der Waals surface area contributed by atoms with Gasteiger partial charge in [-0.2, -0.15) is 5.10 Å². The molecule has 2 aliphatic heterocycles. The maximum atomic E-state index is 14.0. The standard InChI is InChI=1S/C30H40ClN5O5/c1-30(2,3)32-29(38)35(13-12-34-14-16-41-17-15-34)20-28(37)36-26(23-18-21(39-4)10-11-27(23)40-5)19-25(33-36)22-8-6-7-9-24(22)31/h6-11,18,26H,12-17,19-20H2,1-5H3,(H,32,38)/t26-/m1/s1. The SMILES string of the molecule is COc1ccc(OC)c([C@H]2CC(c3ccccc3Cl)=NN2C(=O)CN(CCN2CCOCC2)C(=O)NC(C)(C)C)c1. The Labute approximate surface area is 247 Å². The van der Waals surface area contributed by atoms with Gasteiger partial charge >= 0.3 is 6.03 Å². The van der Waals surface area contributed by atoms with Crippen molar-refractivity contribution in [1.82, 2.24) is 20.1 Å². The van der Waals surface area contributed by atoms with E-state index in [1.54, 1.807) is 25.2 Å². The summed E-state index contributed by atoms with van der Waals surface area (Å²) in [7, 11) is 3.18. The van der Waals surface area contributed by atoms with E-state index in [4.69, 9.17) is 30.9 Å². The Balaban J connectivity index is 1.65. The first kappa shape index (κ1) is 30.6. The molecule has 0 unspecified atom stereocenters. The van der Waals surface area contributed by atoms with Gasteiger partial charge in [-0.25, -0.2) is 9.80 Å². The molecule has 41 heavy (non-hydrogen) atoms. The van der Waals surface area contributed by atoms with Crippen LogP contribution in [0.1, 0.15) is 44.4 Å². The highest BCUT2D eigenvalue weighted by atomic mass is 35.5. The Kier molecular flexibility index (Phi) is 10.1. The first-order chi connectivity index (χ1) is 19.6. The van der Waals surface area contributed by atoms with Gasteiger partial charge in [0.1, 0.15) is 18.0 Å². The number of methoxy groups -OCH3 is 2.